The quantitative estimate of drug-likeness (QED) is 0.150. The molecule has 0 aliphatic heterocycles. The predicted octanol–water partition coefficient (Wildman–Crippen LogP) is 5.81. The monoisotopic (exact) mass is 467 g/mol. The lowest BCUT2D eigenvalue weighted by molar-refractivity contribution is 0.0737. The number of rotatable bonds is 2. The maximum atomic E-state index is 13.6. The van der Waals surface area contributed by atoms with Crippen molar-refractivity contribution in [2.24, 2.45) is 0 Å². The standard InChI is InChI=1S/C27H14ClNO5/c28-15-11-9-14(10-12-15)27(32)34-20-13-21-24(29-18-7-3-4-8-19(18)33-21)23-22(20)25(30)16-5-1-2-6-17(16)26(23)31/h1-13,29H. The van der Waals surface area contributed by atoms with E-state index in [2.05, 4.69) is 4.98 Å². The van der Waals surface area contributed by atoms with Gasteiger partial charge >= 0.3 is 5.97 Å². The van der Waals surface area contributed by atoms with Crippen LogP contribution < -0.4 is 15.6 Å². The van der Waals surface area contributed by atoms with Gasteiger partial charge in [-0.05, 0) is 36.4 Å². The van der Waals surface area contributed by atoms with Crippen LogP contribution in [-0.2, 0) is 0 Å². The molecule has 6 aromatic rings. The number of esters is 1. The summed E-state index contributed by atoms with van der Waals surface area (Å²) in [7, 11) is 0. The first-order valence-corrected chi connectivity index (χ1v) is 10.8. The number of ether oxygens (including phenoxy) is 1. The number of hydrogen-bond acceptors (Lipinski definition) is 5. The molecule has 6 nitrogen and oxygen atoms in total. The third-order valence-corrected chi connectivity index (χ3v) is 6.03. The van der Waals surface area contributed by atoms with Gasteiger partial charge in [-0.3, -0.25) is 9.59 Å². The van der Waals surface area contributed by atoms with Gasteiger partial charge in [0.2, 0.25) is 0 Å². The molecule has 0 saturated heterocycles. The third kappa shape index (κ3) is 3.08. The molecule has 1 aromatic heterocycles. The SMILES string of the molecule is O=C(Oc1cc2oc3ccccc3[nH]c2c2c(=O)c3ccccc3c(=O)c12)c1ccc(Cl)cc1. The average molecular weight is 468 g/mol. The summed E-state index contributed by atoms with van der Waals surface area (Å²) in [6, 6.07) is 21.4. The van der Waals surface area contributed by atoms with Crippen LogP contribution in [-0.4, -0.2) is 11.0 Å². The molecule has 0 fully saturated rings. The fourth-order valence-electron chi connectivity index (χ4n) is 4.18. The lowest BCUT2D eigenvalue weighted by Crippen LogP contribution is -2.16. The number of fused-ring (bicyclic) bond motifs is 5. The molecule has 0 radical (unpaired) electrons. The van der Waals surface area contributed by atoms with E-state index in [0.717, 1.165) is 0 Å². The highest BCUT2D eigenvalue weighted by Gasteiger charge is 2.22. The van der Waals surface area contributed by atoms with Crippen LogP contribution in [0, 0.1) is 0 Å². The van der Waals surface area contributed by atoms with E-state index in [1.807, 2.05) is 18.2 Å². The Bertz CT molecular complexity index is 1900. The van der Waals surface area contributed by atoms with Gasteiger partial charge < -0.3 is 14.1 Å². The first kappa shape index (κ1) is 20.2. The lowest BCUT2D eigenvalue weighted by Gasteiger charge is -2.12. The molecule has 164 valence electrons. The zero-order valence-electron chi connectivity index (χ0n) is 17.4. The Morgan fingerprint density at radius 3 is 2.18 bits per heavy atom. The third-order valence-electron chi connectivity index (χ3n) is 5.77. The second-order valence-corrected chi connectivity index (χ2v) is 8.26. The van der Waals surface area contributed by atoms with Gasteiger partial charge in [0, 0.05) is 21.9 Å². The van der Waals surface area contributed by atoms with Gasteiger partial charge in [-0.1, -0.05) is 48.0 Å². The van der Waals surface area contributed by atoms with Crippen LogP contribution in [0.1, 0.15) is 10.4 Å². The minimum atomic E-state index is -0.693. The summed E-state index contributed by atoms with van der Waals surface area (Å²) < 4.78 is 11.7. The second-order valence-electron chi connectivity index (χ2n) is 7.82. The van der Waals surface area contributed by atoms with Gasteiger partial charge in [0.05, 0.1) is 27.4 Å². The molecule has 0 aliphatic carbocycles. The van der Waals surface area contributed by atoms with Gasteiger partial charge in [0.25, 0.3) is 0 Å². The highest BCUT2D eigenvalue weighted by Crippen LogP contribution is 2.32. The van der Waals surface area contributed by atoms with E-state index in [1.54, 1.807) is 42.5 Å². The Hall–Kier alpha value is -4.42. The zero-order valence-corrected chi connectivity index (χ0v) is 18.2. The van der Waals surface area contributed by atoms with E-state index in [9.17, 15) is 14.4 Å². The summed E-state index contributed by atoms with van der Waals surface area (Å²) in [5, 5.41) is 1.12. The molecule has 7 heteroatoms. The van der Waals surface area contributed by atoms with E-state index in [1.165, 1.54) is 18.2 Å². The smallest absolute Gasteiger partial charge is 0.343 e. The number of halogens is 1. The molecular formula is C27H14ClNO5. The largest absolute Gasteiger partial charge is 0.453 e. The number of para-hydroxylation sites is 2. The van der Waals surface area contributed by atoms with E-state index < -0.39 is 11.4 Å². The second kappa shape index (κ2) is 7.57. The molecule has 0 atom stereocenters. The number of H-pyrrole nitrogens is 1. The van der Waals surface area contributed by atoms with Crippen LogP contribution in [0.4, 0.5) is 0 Å². The Kier molecular flexibility index (Phi) is 4.50. The predicted molar refractivity (Wildman–Crippen MR) is 132 cm³/mol. The molecule has 0 unspecified atom stereocenters. The molecule has 1 heterocycles. The molecule has 0 aliphatic rings. The average Bonchev–Trinajstić information content (AvgIpc) is 2.86. The molecule has 0 bridgehead atoms. The van der Waals surface area contributed by atoms with Crippen LogP contribution in [0.5, 0.6) is 5.75 Å². The molecule has 6 rings (SSSR count). The van der Waals surface area contributed by atoms with Gasteiger partial charge in [-0.2, -0.15) is 0 Å². The first-order chi connectivity index (χ1) is 16.5. The summed E-state index contributed by atoms with van der Waals surface area (Å²) in [4.78, 5) is 43.2. The highest BCUT2D eigenvalue weighted by atomic mass is 35.5. The zero-order chi connectivity index (χ0) is 23.4. The minimum absolute atomic E-state index is 0.0141. The maximum Gasteiger partial charge on any atom is 0.343 e. The number of carbonyl (C=O) groups is 1. The molecule has 0 spiro atoms. The van der Waals surface area contributed by atoms with E-state index in [4.69, 9.17) is 20.8 Å². The van der Waals surface area contributed by atoms with E-state index in [-0.39, 0.29) is 43.9 Å². The molecule has 1 N–H and O–H groups in total. The van der Waals surface area contributed by atoms with Crippen molar-refractivity contribution in [3.63, 3.8) is 0 Å². The van der Waals surface area contributed by atoms with Gasteiger partial charge in [0.1, 0.15) is 5.75 Å². The van der Waals surface area contributed by atoms with Crippen LogP contribution in [0.15, 0.2) is 92.9 Å². The summed E-state index contributed by atoms with van der Waals surface area (Å²) in [6.45, 7) is 0. The van der Waals surface area contributed by atoms with Crippen molar-refractivity contribution in [2.45, 2.75) is 0 Å². The Labute approximate surface area is 196 Å². The Morgan fingerprint density at radius 1 is 0.794 bits per heavy atom. The van der Waals surface area contributed by atoms with Gasteiger partial charge in [-0.15, -0.1) is 0 Å². The van der Waals surface area contributed by atoms with Crippen LogP contribution in [0.3, 0.4) is 0 Å². The summed E-state index contributed by atoms with van der Waals surface area (Å²) in [5.74, 6) is -0.746. The van der Waals surface area contributed by atoms with Crippen molar-refractivity contribution in [3.05, 3.63) is 110 Å². The van der Waals surface area contributed by atoms with E-state index in [0.29, 0.717) is 21.6 Å². The molecule has 0 amide bonds. The Balaban J connectivity index is 1.73. The number of hydrogen-bond donors (Lipinski definition) is 1. The van der Waals surface area contributed by atoms with Crippen molar-refractivity contribution in [1.29, 1.82) is 0 Å². The van der Waals surface area contributed by atoms with Gasteiger partial charge in [0.15, 0.2) is 22.0 Å². The van der Waals surface area contributed by atoms with Crippen molar-refractivity contribution in [2.75, 3.05) is 0 Å². The van der Waals surface area contributed by atoms with Crippen molar-refractivity contribution in [1.82, 2.24) is 4.98 Å². The van der Waals surface area contributed by atoms with Crippen LogP contribution >= 0.6 is 11.6 Å². The van der Waals surface area contributed by atoms with Gasteiger partial charge in [-0.25, -0.2) is 4.79 Å². The van der Waals surface area contributed by atoms with Crippen molar-refractivity contribution in [3.8, 4) is 5.75 Å². The molecule has 34 heavy (non-hydrogen) atoms. The molecule has 5 aromatic carbocycles. The number of benzene rings is 5. The van der Waals surface area contributed by atoms with Crippen molar-refractivity contribution >= 4 is 61.3 Å². The van der Waals surface area contributed by atoms with Crippen molar-refractivity contribution < 1.29 is 13.9 Å². The van der Waals surface area contributed by atoms with Crippen LogP contribution in [0.2, 0.25) is 5.02 Å². The fraction of sp³-hybridized carbons (Fsp3) is 0. The molecular weight excluding hydrogens is 454 g/mol. The Morgan fingerprint density at radius 2 is 1.44 bits per heavy atom. The minimum Gasteiger partial charge on any atom is -0.453 e. The maximum absolute atomic E-state index is 13.6. The highest BCUT2D eigenvalue weighted by molar-refractivity contribution is 6.30. The number of aromatic nitrogens is 1. The fourth-order valence-corrected chi connectivity index (χ4v) is 4.30. The topological polar surface area (TPSA) is 89.4 Å². The first-order valence-electron chi connectivity index (χ1n) is 10.4. The number of nitrogens with one attached hydrogen (secondary N) is 1. The number of aromatic amines is 1. The number of carbonyl (C=O) groups excluding carboxylic acids is 1. The lowest BCUT2D eigenvalue weighted by atomic mass is 10.00. The normalized spacial score (nSPS) is 11.4. The van der Waals surface area contributed by atoms with Crippen LogP contribution in [0.25, 0.3) is 43.7 Å². The summed E-state index contributed by atoms with van der Waals surface area (Å²) in [5.41, 5.74) is 1.30. The van der Waals surface area contributed by atoms with E-state index >= 15 is 0 Å². The summed E-state index contributed by atoms with van der Waals surface area (Å²) >= 11 is 5.92. The molecule has 0 saturated carbocycles. The summed E-state index contributed by atoms with van der Waals surface area (Å²) in [6.07, 6.45) is 0.